The van der Waals surface area contributed by atoms with E-state index in [0.717, 1.165) is 0 Å². The van der Waals surface area contributed by atoms with Gasteiger partial charge >= 0.3 is 41.6 Å². The summed E-state index contributed by atoms with van der Waals surface area (Å²) >= 11 is 0. The van der Waals surface area contributed by atoms with Gasteiger partial charge in [0.15, 0.2) is 12.3 Å². The Morgan fingerprint density at radius 1 is 1.27 bits per heavy atom. The number of esters is 1. The molecular formula is C8H14NNaO5. The van der Waals surface area contributed by atoms with Gasteiger partial charge in [-0.25, -0.2) is 9.59 Å². The van der Waals surface area contributed by atoms with Crippen molar-refractivity contribution in [3.05, 3.63) is 0 Å². The molecule has 7 heteroatoms. The van der Waals surface area contributed by atoms with Crippen LogP contribution in [0.4, 0.5) is 4.79 Å². The molecule has 0 rings (SSSR count). The molecule has 1 amide bonds. The molecule has 0 bridgehead atoms. The fraction of sp³-hybridized carbons (Fsp3) is 0.625. The first-order valence-electron chi connectivity index (χ1n) is 4.20. The number of ether oxygens (including phenoxy) is 2. The molecule has 15 heavy (non-hydrogen) atoms. The molecule has 0 aromatic carbocycles. The van der Waals surface area contributed by atoms with E-state index < -0.39 is 18.1 Å². The van der Waals surface area contributed by atoms with Crippen LogP contribution in [-0.2, 0) is 19.1 Å². The predicted molar refractivity (Wildman–Crippen MR) is 53.8 cm³/mol. The number of amides is 1. The van der Waals surface area contributed by atoms with Crippen LogP contribution in [0.5, 0.6) is 0 Å². The SMILES string of the molecule is CCOC(=O)NC(C=O)C(=O)OCC.[NaH]. The Balaban J connectivity index is 0. The van der Waals surface area contributed by atoms with Gasteiger partial charge in [0, 0.05) is 0 Å². The van der Waals surface area contributed by atoms with Crippen molar-refractivity contribution in [1.29, 1.82) is 0 Å². The summed E-state index contributed by atoms with van der Waals surface area (Å²) in [5, 5.41) is 2.05. The van der Waals surface area contributed by atoms with Crippen LogP contribution < -0.4 is 5.32 Å². The van der Waals surface area contributed by atoms with E-state index in [1.165, 1.54) is 0 Å². The molecule has 0 fully saturated rings. The number of carbonyl (C=O) groups excluding carboxylic acids is 3. The molecule has 0 aliphatic rings. The zero-order valence-electron chi connectivity index (χ0n) is 8.11. The van der Waals surface area contributed by atoms with Gasteiger partial charge < -0.3 is 19.6 Å². The van der Waals surface area contributed by atoms with Crippen LogP contribution in [0.1, 0.15) is 13.8 Å². The minimum atomic E-state index is -1.30. The van der Waals surface area contributed by atoms with Gasteiger partial charge in [0.2, 0.25) is 0 Å². The van der Waals surface area contributed by atoms with Gasteiger partial charge in [0.05, 0.1) is 13.2 Å². The van der Waals surface area contributed by atoms with E-state index in [1.54, 1.807) is 13.8 Å². The molecule has 82 valence electrons. The molecule has 0 saturated heterocycles. The normalized spacial score (nSPS) is 10.5. The van der Waals surface area contributed by atoms with Crippen molar-refractivity contribution in [2.45, 2.75) is 19.9 Å². The van der Waals surface area contributed by atoms with Crippen molar-refractivity contribution < 1.29 is 23.9 Å². The summed E-state index contributed by atoms with van der Waals surface area (Å²) in [6.07, 6.45) is -0.535. The summed E-state index contributed by atoms with van der Waals surface area (Å²) in [5.41, 5.74) is 0. The molecule has 0 radical (unpaired) electrons. The zero-order valence-corrected chi connectivity index (χ0v) is 8.11. The van der Waals surface area contributed by atoms with Crippen molar-refractivity contribution in [3.8, 4) is 0 Å². The molecule has 1 atom stereocenters. The zero-order chi connectivity index (χ0) is 11.0. The van der Waals surface area contributed by atoms with Crippen LogP contribution in [0.25, 0.3) is 0 Å². The molecule has 0 spiro atoms. The Morgan fingerprint density at radius 2 is 1.80 bits per heavy atom. The molecule has 0 aliphatic carbocycles. The van der Waals surface area contributed by atoms with Crippen molar-refractivity contribution in [2.75, 3.05) is 13.2 Å². The van der Waals surface area contributed by atoms with E-state index in [1.807, 2.05) is 5.32 Å². The Hall–Kier alpha value is -0.590. The van der Waals surface area contributed by atoms with Gasteiger partial charge in [-0.1, -0.05) is 0 Å². The van der Waals surface area contributed by atoms with Gasteiger partial charge in [-0.05, 0) is 13.8 Å². The summed E-state index contributed by atoms with van der Waals surface area (Å²) in [6, 6.07) is -1.30. The maximum atomic E-state index is 11.0. The van der Waals surface area contributed by atoms with Crippen molar-refractivity contribution in [2.24, 2.45) is 0 Å². The van der Waals surface area contributed by atoms with E-state index in [9.17, 15) is 14.4 Å². The molecule has 0 aromatic rings. The first-order chi connectivity index (χ1) is 6.65. The number of carbonyl (C=O) groups is 3. The molecule has 0 saturated carbocycles. The molecule has 0 heterocycles. The Morgan fingerprint density at radius 3 is 2.20 bits per heavy atom. The number of aldehydes is 1. The van der Waals surface area contributed by atoms with Gasteiger partial charge in [-0.3, -0.25) is 0 Å². The number of rotatable bonds is 5. The third-order valence-electron chi connectivity index (χ3n) is 1.23. The Kier molecular flexibility index (Phi) is 11.2. The van der Waals surface area contributed by atoms with Crippen LogP contribution in [-0.4, -0.2) is 67.2 Å². The monoisotopic (exact) mass is 227 g/mol. The summed E-state index contributed by atoms with van der Waals surface area (Å²) < 4.78 is 9.02. The van der Waals surface area contributed by atoms with Crippen molar-refractivity contribution >= 4 is 47.9 Å². The molecule has 0 aliphatic heterocycles. The third-order valence-corrected chi connectivity index (χ3v) is 1.23. The van der Waals surface area contributed by atoms with E-state index in [-0.39, 0.29) is 49.1 Å². The second-order valence-corrected chi connectivity index (χ2v) is 2.23. The van der Waals surface area contributed by atoms with Gasteiger partial charge in [0.25, 0.3) is 0 Å². The Labute approximate surface area is 110 Å². The quantitative estimate of drug-likeness (QED) is 0.288. The molecule has 1 unspecified atom stereocenters. The average molecular weight is 227 g/mol. The van der Waals surface area contributed by atoms with E-state index in [4.69, 9.17) is 0 Å². The van der Waals surface area contributed by atoms with Crippen LogP contribution in [0.15, 0.2) is 0 Å². The Bertz CT molecular complexity index is 221. The molecule has 0 aromatic heterocycles. The van der Waals surface area contributed by atoms with Crippen LogP contribution >= 0.6 is 0 Å². The molecule has 1 N–H and O–H groups in total. The first kappa shape index (κ1) is 16.8. The van der Waals surface area contributed by atoms with Crippen LogP contribution in [0.3, 0.4) is 0 Å². The van der Waals surface area contributed by atoms with Crippen molar-refractivity contribution in [3.63, 3.8) is 0 Å². The van der Waals surface area contributed by atoms with E-state index in [2.05, 4.69) is 9.47 Å². The topological polar surface area (TPSA) is 81.7 Å². The number of hydrogen-bond acceptors (Lipinski definition) is 5. The van der Waals surface area contributed by atoms with Gasteiger partial charge in [-0.15, -0.1) is 0 Å². The summed E-state index contributed by atoms with van der Waals surface area (Å²) in [5.74, 6) is -0.796. The summed E-state index contributed by atoms with van der Waals surface area (Å²) in [6.45, 7) is 3.53. The first-order valence-corrected chi connectivity index (χ1v) is 4.20. The van der Waals surface area contributed by atoms with Gasteiger partial charge in [-0.2, -0.15) is 0 Å². The molecular weight excluding hydrogens is 213 g/mol. The fourth-order valence-electron chi connectivity index (χ4n) is 0.680. The van der Waals surface area contributed by atoms with Gasteiger partial charge in [0.1, 0.15) is 0 Å². The number of alkyl carbamates (subject to hydrolysis) is 1. The standard InChI is InChI=1S/C8H13NO5.Na.H/c1-3-13-7(11)6(5-10)9-8(12)14-4-2;;/h5-6H,3-4H2,1-2H3,(H,9,12);;. The maximum absolute atomic E-state index is 11.0. The van der Waals surface area contributed by atoms with E-state index in [0.29, 0.717) is 0 Å². The summed E-state index contributed by atoms with van der Waals surface area (Å²) in [4.78, 5) is 32.2. The third kappa shape index (κ3) is 7.35. The number of nitrogens with one attached hydrogen (secondary N) is 1. The predicted octanol–water partition coefficient (Wildman–Crippen LogP) is -0.785. The van der Waals surface area contributed by atoms with E-state index >= 15 is 0 Å². The number of hydrogen-bond donors (Lipinski definition) is 1. The fourth-order valence-corrected chi connectivity index (χ4v) is 0.680. The second-order valence-electron chi connectivity index (χ2n) is 2.23. The molecule has 6 nitrogen and oxygen atoms in total. The summed E-state index contributed by atoms with van der Waals surface area (Å²) in [7, 11) is 0. The minimum absolute atomic E-state index is 0. The second kappa shape index (κ2) is 9.95. The van der Waals surface area contributed by atoms with Crippen molar-refractivity contribution in [1.82, 2.24) is 5.32 Å². The van der Waals surface area contributed by atoms with Crippen LogP contribution in [0.2, 0.25) is 0 Å². The van der Waals surface area contributed by atoms with Crippen LogP contribution in [0, 0.1) is 0 Å². The average Bonchev–Trinajstić information content (AvgIpc) is 2.15.